The van der Waals surface area contributed by atoms with Crippen molar-refractivity contribution in [1.82, 2.24) is 9.97 Å². The Morgan fingerprint density at radius 2 is 2.28 bits per heavy atom. The molecule has 0 amide bonds. The lowest BCUT2D eigenvalue weighted by atomic mass is 10.2. The molecule has 2 rings (SSSR count). The van der Waals surface area contributed by atoms with Crippen molar-refractivity contribution < 1.29 is 9.53 Å². The van der Waals surface area contributed by atoms with Gasteiger partial charge in [-0.25, -0.2) is 4.98 Å². The fraction of sp³-hybridized carbons (Fsp3) is 0.308. The van der Waals surface area contributed by atoms with Crippen molar-refractivity contribution in [3.63, 3.8) is 0 Å². The lowest BCUT2D eigenvalue weighted by Crippen LogP contribution is -2.01. The van der Waals surface area contributed by atoms with Gasteiger partial charge in [0, 0.05) is 18.0 Å². The molecule has 18 heavy (non-hydrogen) atoms. The number of carbonyl (C=O) groups excluding carboxylic acids is 1. The first kappa shape index (κ1) is 12.7. The Hall–Kier alpha value is -1.75. The number of hydrogen-bond donors (Lipinski definition) is 0. The van der Waals surface area contributed by atoms with Gasteiger partial charge in [-0.3, -0.25) is 9.78 Å². The number of rotatable bonds is 4. The highest BCUT2D eigenvalue weighted by Gasteiger charge is 2.08. The van der Waals surface area contributed by atoms with E-state index in [9.17, 15) is 4.79 Å². The number of carbonyl (C=O) groups is 1. The van der Waals surface area contributed by atoms with Gasteiger partial charge in [-0.2, -0.15) is 0 Å². The highest BCUT2D eigenvalue weighted by atomic mass is 32.1. The molecule has 0 radical (unpaired) electrons. The van der Waals surface area contributed by atoms with E-state index in [1.165, 1.54) is 7.11 Å². The van der Waals surface area contributed by atoms with Crippen molar-refractivity contribution in [2.24, 2.45) is 0 Å². The smallest absolute Gasteiger partial charge is 0.305 e. The fourth-order valence-electron chi connectivity index (χ4n) is 1.47. The Bertz CT molecular complexity index is 534. The topological polar surface area (TPSA) is 52.1 Å². The average molecular weight is 262 g/mol. The number of nitrogens with zero attached hydrogens (tertiary/aromatic N) is 2. The van der Waals surface area contributed by atoms with Crippen molar-refractivity contribution in [3.05, 3.63) is 35.0 Å². The predicted octanol–water partition coefficient (Wildman–Crippen LogP) is 2.62. The van der Waals surface area contributed by atoms with E-state index < -0.39 is 0 Å². The molecule has 0 aliphatic rings. The van der Waals surface area contributed by atoms with Gasteiger partial charge < -0.3 is 4.74 Å². The Labute approximate surface area is 110 Å². The normalized spacial score (nSPS) is 10.3. The SMILES string of the molecule is COC(=O)CCc1csc(-c2ccc(C)cn2)n1. The van der Waals surface area contributed by atoms with Crippen molar-refractivity contribution in [1.29, 1.82) is 0 Å². The van der Waals surface area contributed by atoms with Crippen LogP contribution in [0.4, 0.5) is 0 Å². The van der Waals surface area contributed by atoms with Crippen LogP contribution in [0.5, 0.6) is 0 Å². The summed E-state index contributed by atoms with van der Waals surface area (Å²) in [5.74, 6) is -0.210. The number of ether oxygens (including phenoxy) is 1. The maximum absolute atomic E-state index is 11.0. The van der Waals surface area contributed by atoms with Crippen molar-refractivity contribution in [3.8, 4) is 10.7 Å². The Morgan fingerprint density at radius 1 is 1.44 bits per heavy atom. The van der Waals surface area contributed by atoms with E-state index in [0.717, 1.165) is 22.0 Å². The van der Waals surface area contributed by atoms with Crippen molar-refractivity contribution in [2.45, 2.75) is 19.8 Å². The van der Waals surface area contributed by atoms with Gasteiger partial charge in [0.1, 0.15) is 5.01 Å². The molecule has 0 unspecified atom stereocenters. The predicted molar refractivity (Wildman–Crippen MR) is 70.4 cm³/mol. The summed E-state index contributed by atoms with van der Waals surface area (Å²) in [6.07, 6.45) is 2.79. The summed E-state index contributed by atoms with van der Waals surface area (Å²) < 4.78 is 4.60. The number of methoxy groups -OCH3 is 1. The lowest BCUT2D eigenvalue weighted by molar-refractivity contribution is -0.140. The standard InChI is InChI=1S/C13H14N2O2S/c1-9-3-5-11(14-7-9)13-15-10(8-18-13)4-6-12(16)17-2/h3,5,7-8H,4,6H2,1-2H3. The van der Waals surface area contributed by atoms with Crippen LogP contribution in [-0.4, -0.2) is 23.0 Å². The van der Waals surface area contributed by atoms with Crippen LogP contribution in [0.2, 0.25) is 0 Å². The molecule has 0 fully saturated rings. The molecular formula is C13H14N2O2S. The molecule has 0 N–H and O–H groups in total. The summed E-state index contributed by atoms with van der Waals surface area (Å²) in [4.78, 5) is 19.8. The van der Waals surface area contributed by atoms with E-state index in [1.54, 1.807) is 11.3 Å². The van der Waals surface area contributed by atoms with E-state index in [1.807, 2.05) is 30.6 Å². The maximum atomic E-state index is 11.0. The third kappa shape index (κ3) is 3.13. The maximum Gasteiger partial charge on any atom is 0.305 e. The molecule has 2 heterocycles. The summed E-state index contributed by atoms with van der Waals surface area (Å²) in [5.41, 5.74) is 2.90. The molecule has 0 saturated heterocycles. The molecule has 0 aliphatic carbocycles. The third-order valence-corrected chi connectivity index (χ3v) is 3.41. The van der Waals surface area contributed by atoms with Gasteiger partial charge in [0.2, 0.25) is 0 Å². The molecule has 0 spiro atoms. The quantitative estimate of drug-likeness (QED) is 0.795. The third-order valence-electron chi connectivity index (χ3n) is 2.50. The minimum Gasteiger partial charge on any atom is -0.469 e. The molecule has 4 nitrogen and oxygen atoms in total. The molecule has 2 aromatic heterocycles. The molecule has 0 bridgehead atoms. The summed E-state index contributed by atoms with van der Waals surface area (Å²) in [7, 11) is 1.39. The second-order valence-electron chi connectivity index (χ2n) is 3.94. The van der Waals surface area contributed by atoms with Crippen molar-refractivity contribution in [2.75, 3.05) is 7.11 Å². The van der Waals surface area contributed by atoms with Gasteiger partial charge in [0.05, 0.1) is 24.9 Å². The van der Waals surface area contributed by atoms with E-state index >= 15 is 0 Å². The zero-order chi connectivity index (χ0) is 13.0. The first-order valence-electron chi connectivity index (χ1n) is 5.63. The second kappa shape index (κ2) is 5.73. The fourth-order valence-corrected chi connectivity index (χ4v) is 2.30. The summed E-state index contributed by atoms with van der Waals surface area (Å²) >= 11 is 1.54. The van der Waals surface area contributed by atoms with Gasteiger partial charge in [-0.05, 0) is 18.6 Å². The number of pyridine rings is 1. The molecule has 0 atom stereocenters. The minimum atomic E-state index is -0.210. The van der Waals surface area contributed by atoms with Crippen LogP contribution in [0.25, 0.3) is 10.7 Å². The number of esters is 1. The Kier molecular flexibility index (Phi) is 4.04. The number of aryl methyl sites for hydroxylation is 2. The van der Waals surface area contributed by atoms with Crippen LogP contribution >= 0.6 is 11.3 Å². The van der Waals surface area contributed by atoms with E-state index in [-0.39, 0.29) is 5.97 Å². The summed E-state index contributed by atoms with van der Waals surface area (Å²) in [6, 6.07) is 3.97. The van der Waals surface area contributed by atoms with E-state index in [2.05, 4.69) is 14.7 Å². The van der Waals surface area contributed by atoms with Crippen LogP contribution in [0.1, 0.15) is 17.7 Å². The average Bonchev–Trinajstić information content (AvgIpc) is 2.85. The lowest BCUT2D eigenvalue weighted by Gasteiger charge is -1.97. The first-order valence-corrected chi connectivity index (χ1v) is 6.51. The van der Waals surface area contributed by atoms with Crippen LogP contribution in [0.15, 0.2) is 23.7 Å². The summed E-state index contributed by atoms with van der Waals surface area (Å²) in [6.45, 7) is 2.00. The highest BCUT2D eigenvalue weighted by molar-refractivity contribution is 7.13. The monoisotopic (exact) mass is 262 g/mol. The van der Waals surface area contributed by atoms with Crippen LogP contribution in [-0.2, 0) is 16.0 Å². The zero-order valence-electron chi connectivity index (χ0n) is 10.3. The van der Waals surface area contributed by atoms with Gasteiger partial charge in [-0.15, -0.1) is 11.3 Å². The molecule has 0 saturated carbocycles. The van der Waals surface area contributed by atoms with Gasteiger partial charge >= 0.3 is 5.97 Å². The van der Waals surface area contributed by atoms with Crippen molar-refractivity contribution >= 4 is 17.3 Å². The number of aromatic nitrogens is 2. The molecule has 0 aliphatic heterocycles. The van der Waals surface area contributed by atoms with E-state index in [0.29, 0.717) is 12.8 Å². The molecule has 0 aromatic carbocycles. The highest BCUT2D eigenvalue weighted by Crippen LogP contribution is 2.22. The van der Waals surface area contributed by atoms with Crippen LogP contribution in [0, 0.1) is 6.92 Å². The number of thiazole rings is 1. The first-order chi connectivity index (χ1) is 8.69. The molecule has 5 heteroatoms. The summed E-state index contributed by atoms with van der Waals surface area (Å²) in [5, 5.41) is 2.84. The van der Waals surface area contributed by atoms with Crippen LogP contribution < -0.4 is 0 Å². The number of hydrogen-bond acceptors (Lipinski definition) is 5. The molecule has 2 aromatic rings. The van der Waals surface area contributed by atoms with Gasteiger partial charge in [0.15, 0.2) is 0 Å². The van der Waals surface area contributed by atoms with Gasteiger partial charge in [0.25, 0.3) is 0 Å². The Morgan fingerprint density at radius 3 is 2.94 bits per heavy atom. The molecular weight excluding hydrogens is 248 g/mol. The zero-order valence-corrected chi connectivity index (χ0v) is 11.2. The van der Waals surface area contributed by atoms with Crippen LogP contribution in [0.3, 0.4) is 0 Å². The molecule has 94 valence electrons. The minimum absolute atomic E-state index is 0.210. The van der Waals surface area contributed by atoms with E-state index in [4.69, 9.17) is 0 Å². The Balaban J connectivity index is 2.06. The van der Waals surface area contributed by atoms with Gasteiger partial charge in [-0.1, -0.05) is 6.07 Å². The second-order valence-corrected chi connectivity index (χ2v) is 4.80. The largest absolute Gasteiger partial charge is 0.469 e.